The van der Waals surface area contributed by atoms with Gasteiger partial charge >= 0.3 is 12.3 Å². The van der Waals surface area contributed by atoms with E-state index in [0.29, 0.717) is 11.3 Å². The van der Waals surface area contributed by atoms with E-state index >= 15 is 0 Å². The Morgan fingerprint density at radius 2 is 1.87 bits per heavy atom. The minimum absolute atomic E-state index is 0.127. The molecule has 0 spiro atoms. The maximum atomic E-state index is 12.8. The lowest BCUT2D eigenvalue weighted by Gasteiger charge is -2.36. The van der Waals surface area contributed by atoms with Crippen LogP contribution in [0.4, 0.5) is 18.9 Å². The maximum absolute atomic E-state index is 12.8. The summed E-state index contributed by atoms with van der Waals surface area (Å²) in [6.45, 7) is 2.70. The maximum Gasteiger partial charge on any atom is 0.573 e. The summed E-state index contributed by atoms with van der Waals surface area (Å²) in [5, 5.41) is 2.73. The Labute approximate surface area is 171 Å². The van der Waals surface area contributed by atoms with Crippen molar-refractivity contribution >= 4 is 17.6 Å². The number of carbonyl (C=O) groups excluding carboxylic acids is 2. The van der Waals surface area contributed by atoms with Crippen molar-refractivity contribution < 1.29 is 32.2 Å². The van der Waals surface area contributed by atoms with E-state index in [9.17, 15) is 22.8 Å². The SMILES string of the molecule is CCOC(=O)c1ccc(-c2cc(NC(=O)C3CCN3C)ccc2OC(F)(F)F)cc1. The average Bonchev–Trinajstić information content (AvgIpc) is 2.67. The number of benzene rings is 2. The zero-order valence-corrected chi connectivity index (χ0v) is 16.5. The summed E-state index contributed by atoms with van der Waals surface area (Å²) in [5.74, 6) is -1.16. The summed E-state index contributed by atoms with van der Waals surface area (Å²) in [6, 6.07) is 9.57. The Morgan fingerprint density at radius 1 is 1.17 bits per heavy atom. The number of hydrogen-bond acceptors (Lipinski definition) is 5. The highest BCUT2D eigenvalue weighted by molar-refractivity contribution is 5.96. The van der Waals surface area contributed by atoms with E-state index in [1.54, 1.807) is 6.92 Å². The number of ether oxygens (including phenoxy) is 2. The number of likely N-dealkylation sites (tertiary alicyclic amines) is 1. The number of anilines is 1. The molecule has 160 valence electrons. The average molecular weight is 422 g/mol. The Morgan fingerprint density at radius 3 is 2.40 bits per heavy atom. The fourth-order valence-corrected chi connectivity index (χ4v) is 3.12. The Kier molecular flexibility index (Phi) is 6.31. The van der Waals surface area contributed by atoms with Gasteiger partial charge in [-0.3, -0.25) is 9.69 Å². The van der Waals surface area contributed by atoms with Gasteiger partial charge in [-0.15, -0.1) is 13.2 Å². The molecule has 9 heteroatoms. The van der Waals surface area contributed by atoms with Crippen LogP contribution in [-0.2, 0) is 9.53 Å². The normalized spacial score (nSPS) is 16.5. The molecule has 1 aliphatic heterocycles. The van der Waals surface area contributed by atoms with Gasteiger partial charge in [0.25, 0.3) is 0 Å². The van der Waals surface area contributed by atoms with Gasteiger partial charge in [0.05, 0.1) is 18.2 Å². The first kappa shape index (κ1) is 21.6. The van der Waals surface area contributed by atoms with Gasteiger partial charge in [0, 0.05) is 17.8 Å². The molecular weight excluding hydrogens is 401 g/mol. The molecule has 1 unspecified atom stereocenters. The first-order valence-corrected chi connectivity index (χ1v) is 9.36. The molecule has 0 bridgehead atoms. The van der Waals surface area contributed by atoms with Crippen LogP contribution in [0.1, 0.15) is 23.7 Å². The molecule has 1 fully saturated rings. The van der Waals surface area contributed by atoms with E-state index in [-0.39, 0.29) is 29.7 Å². The van der Waals surface area contributed by atoms with Gasteiger partial charge in [-0.25, -0.2) is 4.79 Å². The minimum Gasteiger partial charge on any atom is -0.462 e. The smallest absolute Gasteiger partial charge is 0.462 e. The third kappa shape index (κ3) is 5.10. The van der Waals surface area contributed by atoms with Gasteiger partial charge < -0.3 is 14.8 Å². The summed E-state index contributed by atoms with van der Waals surface area (Å²) in [6.07, 6.45) is -4.15. The van der Waals surface area contributed by atoms with Crippen LogP contribution in [-0.4, -0.2) is 49.4 Å². The van der Waals surface area contributed by atoms with Crippen molar-refractivity contribution in [1.29, 1.82) is 0 Å². The van der Waals surface area contributed by atoms with Crippen LogP contribution in [0.25, 0.3) is 11.1 Å². The first-order valence-electron chi connectivity index (χ1n) is 9.36. The number of amides is 1. The highest BCUT2D eigenvalue weighted by Crippen LogP contribution is 2.36. The van der Waals surface area contributed by atoms with Crippen LogP contribution in [0, 0.1) is 0 Å². The molecule has 0 saturated carbocycles. The second kappa shape index (κ2) is 8.74. The van der Waals surface area contributed by atoms with Crippen LogP contribution in [0.15, 0.2) is 42.5 Å². The number of hydrogen-bond donors (Lipinski definition) is 1. The molecule has 6 nitrogen and oxygen atoms in total. The number of esters is 1. The van der Waals surface area contributed by atoms with Crippen LogP contribution in [0.3, 0.4) is 0 Å². The summed E-state index contributed by atoms with van der Waals surface area (Å²) < 4.78 is 47.6. The van der Waals surface area contributed by atoms with Gasteiger partial charge in [0.15, 0.2) is 0 Å². The van der Waals surface area contributed by atoms with Crippen molar-refractivity contribution in [1.82, 2.24) is 4.90 Å². The molecule has 0 aliphatic carbocycles. The lowest BCUT2D eigenvalue weighted by Crippen LogP contribution is -2.51. The second-order valence-electron chi connectivity index (χ2n) is 6.83. The summed E-state index contributed by atoms with van der Waals surface area (Å²) >= 11 is 0. The van der Waals surface area contributed by atoms with Gasteiger partial charge in [0.1, 0.15) is 5.75 Å². The molecule has 2 aromatic carbocycles. The second-order valence-corrected chi connectivity index (χ2v) is 6.83. The largest absolute Gasteiger partial charge is 0.573 e. The van der Waals surface area contributed by atoms with E-state index in [1.165, 1.54) is 36.4 Å². The van der Waals surface area contributed by atoms with Crippen molar-refractivity contribution in [2.24, 2.45) is 0 Å². The van der Waals surface area contributed by atoms with Crippen molar-refractivity contribution in [3.05, 3.63) is 48.0 Å². The van der Waals surface area contributed by atoms with Crippen molar-refractivity contribution in [3.8, 4) is 16.9 Å². The van der Waals surface area contributed by atoms with E-state index in [1.807, 2.05) is 11.9 Å². The zero-order chi connectivity index (χ0) is 21.9. The highest BCUT2D eigenvalue weighted by atomic mass is 19.4. The van der Waals surface area contributed by atoms with Crippen LogP contribution < -0.4 is 10.1 Å². The Hall–Kier alpha value is -3.07. The summed E-state index contributed by atoms with van der Waals surface area (Å²) in [4.78, 5) is 26.0. The molecule has 1 atom stereocenters. The number of alkyl halides is 3. The lowest BCUT2D eigenvalue weighted by molar-refractivity contribution is -0.274. The molecule has 3 rings (SSSR count). The third-order valence-electron chi connectivity index (χ3n) is 4.77. The van der Waals surface area contributed by atoms with Crippen LogP contribution >= 0.6 is 0 Å². The van der Waals surface area contributed by atoms with E-state index in [0.717, 1.165) is 19.0 Å². The number of rotatable bonds is 6. The van der Waals surface area contributed by atoms with E-state index in [2.05, 4.69) is 10.1 Å². The predicted molar refractivity (Wildman–Crippen MR) is 104 cm³/mol. The number of halogens is 3. The Bertz CT molecular complexity index is 929. The van der Waals surface area contributed by atoms with Gasteiger partial charge in [0.2, 0.25) is 5.91 Å². The fourth-order valence-electron chi connectivity index (χ4n) is 3.12. The number of likely N-dealkylation sites (N-methyl/N-ethyl adjacent to an activating group) is 1. The van der Waals surface area contributed by atoms with Gasteiger partial charge in [-0.2, -0.15) is 0 Å². The molecule has 30 heavy (non-hydrogen) atoms. The van der Waals surface area contributed by atoms with E-state index < -0.39 is 18.1 Å². The molecule has 1 heterocycles. The molecule has 1 amide bonds. The summed E-state index contributed by atoms with van der Waals surface area (Å²) in [7, 11) is 1.82. The van der Waals surface area contributed by atoms with Crippen molar-refractivity contribution in [2.75, 3.05) is 25.5 Å². The number of carbonyl (C=O) groups is 2. The van der Waals surface area contributed by atoms with Crippen molar-refractivity contribution in [3.63, 3.8) is 0 Å². The molecule has 0 radical (unpaired) electrons. The Balaban J connectivity index is 1.90. The molecular formula is C21H21F3N2O4. The minimum atomic E-state index is -4.88. The molecule has 0 aromatic heterocycles. The van der Waals surface area contributed by atoms with Crippen LogP contribution in [0.2, 0.25) is 0 Å². The summed E-state index contributed by atoms with van der Waals surface area (Å²) in [5.41, 5.74) is 1.14. The lowest BCUT2D eigenvalue weighted by atomic mass is 10.0. The monoisotopic (exact) mass is 422 g/mol. The standard InChI is InChI=1S/C21H21F3N2O4/c1-3-29-20(28)14-6-4-13(5-7-14)16-12-15(8-9-18(16)30-21(22,23)24)25-19(27)17-10-11-26(17)2/h4-9,12,17H,3,10-11H2,1-2H3,(H,25,27). The van der Waals surface area contributed by atoms with Crippen molar-refractivity contribution in [2.45, 2.75) is 25.7 Å². The third-order valence-corrected chi connectivity index (χ3v) is 4.77. The first-order chi connectivity index (χ1) is 14.2. The number of nitrogens with one attached hydrogen (secondary N) is 1. The highest BCUT2D eigenvalue weighted by Gasteiger charge is 2.33. The van der Waals surface area contributed by atoms with Gasteiger partial charge in [-0.05, 0) is 56.3 Å². The van der Waals surface area contributed by atoms with Gasteiger partial charge in [-0.1, -0.05) is 12.1 Å². The molecule has 2 aromatic rings. The molecule has 1 N–H and O–H groups in total. The van der Waals surface area contributed by atoms with E-state index in [4.69, 9.17) is 4.74 Å². The quantitative estimate of drug-likeness (QED) is 0.711. The fraction of sp³-hybridized carbons (Fsp3) is 0.333. The zero-order valence-electron chi connectivity index (χ0n) is 16.5. The van der Waals surface area contributed by atoms with Crippen LogP contribution in [0.5, 0.6) is 5.75 Å². The predicted octanol–water partition coefficient (Wildman–Crippen LogP) is 4.07. The molecule has 1 saturated heterocycles. The topological polar surface area (TPSA) is 67.9 Å². The number of nitrogens with zero attached hydrogens (tertiary/aromatic N) is 1. The molecule has 1 aliphatic rings.